The minimum atomic E-state index is -1.48. The summed E-state index contributed by atoms with van der Waals surface area (Å²) in [5.41, 5.74) is -0.101. The maximum atomic E-state index is 14.0. The number of hydrogen-bond donors (Lipinski definition) is 1. The Morgan fingerprint density at radius 1 is 1.10 bits per heavy atom. The minimum absolute atomic E-state index is 0.0184. The zero-order valence-corrected chi connectivity index (χ0v) is 11.7. The second-order valence-corrected chi connectivity index (χ2v) is 4.75. The Labute approximate surface area is 120 Å². The van der Waals surface area contributed by atoms with E-state index < -0.39 is 29.1 Å². The molecule has 0 saturated carbocycles. The number of benzene rings is 2. The number of rotatable bonds is 4. The van der Waals surface area contributed by atoms with Crippen LogP contribution in [-0.4, -0.2) is 12.2 Å². The molecular weight excluding hydrogens is 281 g/mol. The van der Waals surface area contributed by atoms with Gasteiger partial charge in [-0.05, 0) is 30.2 Å². The Bertz CT molecular complexity index is 656. The van der Waals surface area contributed by atoms with Crippen molar-refractivity contribution in [3.05, 3.63) is 64.5 Å². The van der Waals surface area contributed by atoms with Crippen molar-refractivity contribution in [2.45, 2.75) is 19.4 Å². The van der Waals surface area contributed by atoms with Crippen molar-refractivity contribution >= 4 is 0 Å². The van der Waals surface area contributed by atoms with Crippen LogP contribution in [0.25, 0.3) is 0 Å². The first kappa shape index (κ1) is 15.4. The van der Waals surface area contributed by atoms with Crippen molar-refractivity contribution < 1.29 is 23.0 Å². The van der Waals surface area contributed by atoms with Crippen LogP contribution in [0.1, 0.15) is 22.8 Å². The second-order valence-electron chi connectivity index (χ2n) is 4.75. The summed E-state index contributed by atoms with van der Waals surface area (Å²) in [6.45, 7) is 1.47. The van der Waals surface area contributed by atoms with Crippen molar-refractivity contribution in [2.75, 3.05) is 7.11 Å². The molecule has 112 valence electrons. The molecule has 0 saturated heterocycles. The van der Waals surface area contributed by atoms with E-state index in [2.05, 4.69) is 0 Å². The van der Waals surface area contributed by atoms with Crippen molar-refractivity contribution in [3.63, 3.8) is 0 Å². The lowest BCUT2D eigenvalue weighted by atomic mass is 9.98. The predicted molar refractivity (Wildman–Crippen MR) is 72.7 cm³/mol. The van der Waals surface area contributed by atoms with Gasteiger partial charge in [-0.15, -0.1) is 0 Å². The molecule has 0 aromatic heterocycles. The average molecular weight is 296 g/mol. The smallest absolute Gasteiger partial charge is 0.168 e. The highest BCUT2D eigenvalue weighted by molar-refractivity contribution is 5.34. The number of ether oxygens (including phenoxy) is 1. The minimum Gasteiger partial charge on any atom is -0.494 e. The summed E-state index contributed by atoms with van der Waals surface area (Å²) in [5.74, 6) is -2.29. The van der Waals surface area contributed by atoms with Crippen LogP contribution >= 0.6 is 0 Å². The highest BCUT2D eigenvalue weighted by atomic mass is 19.1. The van der Waals surface area contributed by atoms with Gasteiger partial charge in [-0.1, -0.05) is 18.2 Å². The van der Waals surface area contributed by atoms with Crippen LogP contribution < -0.4 is 4.74 Å². The average Bonchev–Trinajstić information content (AvgIpc) is 2.45. The monoisotopic (exact) mass is 296 g/mol. The summed E-state index contributed by atoms with van der Waals surface area (Å²) < 4.78 is 46.5. The second kappa shape index (κ2) is 6.18. The molecule has 1 N–H and O–H groups in total. The standard InChI is InChI=1S/C16H15F3O2/c1-9-6-7-11(17)14(15(9)18)12(20)8-10-4-3-5-13(21-2)16(10)19/h3-7,12,20H,8H2,1-2H3. The Hall–Kier alpha value is -2.01. The van der Waals surface area contributed by atoms with E-state index in [0.717, 1.165) is 6.07 Å². The molecular formula is C16H15F3O2. The molecule has 0 aliphatic heterocycles. The fourth-order valence-electron chi connectivity index (χ4n) is 2.17. The lowest BCUT2D eigenvalue weighted by Crippen LogP contribution is -2.10. The van der Waals surface area contributed by atoms with Crippen LogP contribution in [0.3, 0.4) is 0 Å². The first-order valence-corrected chi connectivity index (χ1v) is 6.39. The topological polar surface area (TPSA) is 29.5 Å². The number of hydrogen-bond acceptors (Lipinski definition) is 2. The Morgan fingerprint density at radius 2 is 1.81 bits per heavy atom. The lowest BCUT2D eigenvalue weighted by Gasteiger charge is -2.15. The van der Waals surface area contributed by atoms with Crippen molar-refractivity contribution in [2.24, 2.45) is 0 Å². The van der Waals surface area contributed by atoms with Crippen LogP contribution in [0, 0.1) is 24.4 Å². The molecule has 2 nitrogen and oxygen atoms in total. The molecule has 0 aliphatic carbocycles. The molecule has 0 radical (unpaired) electrons. The van der Waals surface area contributed by atoms with Gasteiger partial charge in [0.15, 0.2) is 11.6 Å². The largest absolute Gasteiger partial charge is 0.494 e. The van der Waals surface area contributed by atoms with Crippen LogP contribution in [-0.2, 0) is 6.42 Å². The van der Waals surface area contributed by atoms with Gasteiger partial charge in [0, 0.05) is 6.42 Å². The van der Waals surface area contributed by atoms with Gasteiger partial charge in [0.2, 0.25) is 0 Å². The van der Waals surface area contributed by atoms with Gasteiger partial charge in [0.05, 0.1) is 18.8 Å². The summed E-state index contributed by atoms with van der Waals surface area (Å²) in [5, 5.41) is 10.1. The molecule has 2 rings (SSSR count). The van der Waals surface area contributed by atoms with Crippen molar-refractivity contribution in [1.82, 2.24) is 0 Å². The van der Waals surface area contributed by atoms with E-state index >= 15 is 0 Å². The van der Waals surface area contributed by atoms with E-state index in [1.807, 2.05) is 0 Å². The van der Waals surface area contributed by atoms with Crippen LogP contribution in [0.4, 0.5) is 13.2 Å². The molecule has 0 fully saturated rings. The van der Waals surface area contributed by atoms with E-state index in [9.17, 15) is 18.3 Å². The molecule has 1 unspecified atom stereocenters. The zero-order chi connectivity index (χ0) is 15.6. The molecule has 0 aliphatic rings. The Kier molecular flexibility index (Phi) is 4.53. The maximum Gasteiger partial charge on any atom is 0.168 e. The van der Waals surface area contributed by atoms with Crippen molar-refractivity contribution in [1.29, 1.82) is 0 Å². The van der Waals surface area contributed by atoms with Gasteiger partial charge in [0.1, 0.15) is 11.6 Å². The lowest BCUT2D eigenvalue weighted by molar-refractivity contribution is 0.166. The van der Waals surface area contributed by atoms with Gasteiger partial charge in [-0.25, -0.2) is 13.2 Å². The molecule has 1 atom stereocenters. The van der Waals surface area contributed by atoms with Gasteiger partial charge in [-0.3, -0.25) is 0 Å². The van der Waals surface area contributed by atoms with E-state index in [-0.39, 0.29) is 23.3 Å². The summed E-state index contributed by atoms with van der Waals surface area (Å²) in [6, 6.07) is 6.78. The van der Waals surface area contributed by atoms with Crippen LogP contribution in [0.5, 0.6) is 5.75 Å². The normalized spacial score (nSPS) is 12.3. The molecule has 2 aromatic carbocycles. The third-order valence-corrected chi connectivity index (χ3v) is 3.33. The number of halogens is 3. The first-order chi connectivity index (χ1) is 9.95. The van der Waals surface area contributed by atoms with Gasteiger partial charge in [-0.2, -0.15) is 0 Å². The SMILES string of the molecule is COc1cccc(CC(O)c2c(F)ccc(C)c2F)c1F. The molecule has 0 bridgehead atoms. The summed E-state index contributed by atoms with van der Waals surface area (Å²) in [6.07, 6.45) is -1.73. The van der Waals surface area contributed by atoms with Crippen LogP contribution in [0.15, 0.2) is 30.3 Å². The number of aliphatic hydroxyl groups excluding tert-OH is 1. The summed E-state index contributed by atoms with van der Waals surface area (Å²) in [4.78, 5) is 0. The Morgan fingerprint density at radius 3 is 2.48 bits per heavy atom. The zero-order valence-electron chi connectivity index (χ0n) is 11.7. The predicted octanol–water partition coefficient (Wildman–Crippen LogP) is 3.70. The molecule has 0 spiro atoms. The third-order valence-electron chi connectivity index (χ3n) is 3.33. The van der Waals surface area contributed by atoms with Crippen LogP contribution in [0.2, 0.25) is 0 Å². The van der Waals surface area contributed by atoms with E-state index in [1.165, 1.54) is 32.2 Å². The highest BCUT2D eigenvalue weighted by Crippen LogP contribution is 2.28. The number of aryl methyl sites for hydroxylation is 1. The van der Waals surface area contributed by atoms with Crippen molar-refractivity contribution in [3.8, 4) is 5.75 Å². The molecule has 0 heterocycles. The fraction of sp³-hybridized carbons (Fsp3) is 0.250. The van der Waals surface area contributed by atoms with E-state index in [1.54, 1.807) is 6.07 Å². The molecule has 21 heavy (non-hydrogen) atoms. The number of methoxy groups -OCH3 is 1. The quantitative estimate of drug-likeness (QED) is 0.932. The molecule has 0 amide bonds. The maximum absolute atomic E-state index is 14.0. The summed E-state index contributed by atoms with van der Waals surface area (Å²) >= 11 is 0. The molecule has 5 heteroatoms. The molecule has 2 aromatic rings. The fourth-order valence-corrected chi connectivity index (χ4v) is 2.17. The first-order valence-electron chi connectivity index (χ1n) is 6.39. The summed E-state index contributed by atoms with van der Waals surface area (Å²) in [7, 11) is 1.32. The van der Waals surface area contributed by atoms with E-state index in [4.69, 9.17) is 4.74 Å². The van der Waals surface area contributed by atoms with Gasteiger partial charge in [0.25, 0.3) is 0 Å². The van der Waals surface area contributed by atoms with Gasteiger partial charge >= 0.3 is 0 Å². The Balaban J connectivity index is 2.35. The van der Waals surface area contributed by atoms with E-state index in [0.29, 0.717) is 0 Å². The van der Waals surface area contributed by atoms with Gasteiger partial charge < -0.3 is 9.84 Å². The highest BCUT2D eigenvalue weighted by Gasteiger charge is 2.21. The number of aliphatic hydroxyl groups is 1. The third kappa shape index (κ3) is 3.03.